The molecule has 0 aromatic heterocycles. The normalized spacial score (nSPS) is 21.9. The third-order valence-corrected chi connectivity index (χ3v) is 3.85. The average molecular weight is 271 g/mol. The number of hydrogen-bond acceptors (Lipinski definition) is 4. The van der Waals surface area contributed by atoms with Crippen LogP contribution in [0.25, 0.3) is 0 Å². The summed E-state index contributed by atoms with van der Waals surface area (Å²) in [7, 11) is 0. The zero-order chi connectivity index (χ0) is 14.1. The molecular weight excluding hydrogens is 254 g/mol. The minimum absolute atomic E-state index is 0.249. The molecule has 2 aliphatic heterocycles. The van der Waals surface area contributed by atoms with Crippen LogP contribution in [-0.4, -0.2) is 22.9 Å². The molecule has 5 nitrogen and oxygen atoms in total. The van der Waals surface area contributed by atoms with E-state index in [0.29, 0.717) is 5.82 Å². The van der Waals surface area contributed by atoms with E-state index in [4.69, 9.17) is 0 Å². The minimum atomic E-state index is -0.289. The number of nitro groups is 1. The zero-order valence-corrected chi connectivity index (χ0v) is 11.4. The third kappa shape index (κ3) is 2.05. The highest BCUT2D eigenvalue weighted by molar-refractivity contribution is 5.38. The van der Waals surface area contributed by atoms with Crippen molar-refractivity contribution in [2.45, 2.75) is 19.3 Å². The topological polar surface area (TPSA) is 58.4 Å². The fourth-order valence-electron chi connectivity index (χ4n) is 2.90. The number of nitrogens with zero attached hydrogens (tertiary/aromatic N) is 2. The van der Waals surface area contributed by atoms with Gasteiger partial charge in [-0.15, -0.1) is 0 Å². The Labute approximate surface area is 117 Å². The van der Waals surface area contributed by atoms with E-state index in [9.17, 15) is 10.1 Å². The Morgan fingerprint density at radius 1 is 1.35 bits per heavy atom. The Hall–Kier alpha value is -2.30. The molecular formula is C15H17N3O2. The lowest BCUT2D eigenvalue weighted by molar-refractivity contribution is -0.432. The molecule has 1 aromatic carbocycles. The number of hydrogen-bond donors (Lipinski definition) is 1. The summed E-state index contributed by atoms with van der Waals surface area (Å²) < 4.78 is 0. The van der Waals surface area contributed by atoms with Crippen LogP contribution in [0.1, 0.15) is 24.8 Å². The molecule has 0 bridgehead atoms. The van der Waals surface area contributed by atoms with Crippen molar-refractivity contribution in [1.29, 1.82) is 0 Å². The van der Waals surface area contributed by atoms with Crippen LogP contribution in [0.15, 0.2) is 53.6 Å². The van der Waals surface area contributed by atoms with Crippen LogP contribution in [0.5, 0.6) is 0 Å². The van der Waals surface area contributed by atoms with Gasteiger partial charge in [-0.1, -0.05) is 30.3 Å². The summed E-state index contributed by atoms with van der Waals surface area (Å²) in [5.74, 6) is 0.373. The second-order valence-electron chi connectivity index (χ2n) is 5.12. The van der Waals surface area contributed by atoms with Gasteiger partial charge in [0, 0.05) is 18.8 Å². The van der Waals surface area contributed by atoms with Gasteiger partial charge in [-0.2, -0.15) is 0 Å². The molecule has 1 atom stereocenters. The largest absolute Gasteiger partial charge is 0.366 e. The molecule has 0 saturated carbocycles. The van der Waals surface area contributed by atoms with Crippen LogP contribution in [0.3, 0.4) is 0 Å². The highest BCUT2D eigenvalue weighted by atomic mass is 16.6. The molecule has 2 heterocycles. The summed E-state index contributed by atoms with van der Waals surface area (Å²) in [6.45, 7) is 3.64. The number of nitrogens with one attached hydrogen (secondary N) is 1. The Morgan fingerprint density at radius 2 is 2.10 bits per heavy atom. The second kappa shape index (κ2) is 5.00. The molecule has 104 valence electrons. The molecule has 0 amide bonds. The van der Waals surface area contributed by atoms with E-state index in [1.807, 2.05) is 48.2 Å². The van der Waals surface area contributed by atoms with Crippen LogP contribution in [-0.2, 0) is 0 Å². The van der Waals surface area contributed by atoms with Gasteiger partial charge in [-0.25, -0.2) is 0 Å². The fraction of sp³-hybridized carbons (Fsp3) is 0.333. The first kappa shape index (κ1) is 12.7. The van der Waals surface area contributed by atoms with E-state index in [1.54, 1.807) is 0 Å². The number of fused-ring (bicyclic) bond motifs is 1. The van der Waals surface area contributed by atoms with E-state index in [2.05, 4.69) is 5.32 Å². The van der Waals surface area contributed by atoms with Crippen molar-refractivity contribution < 1.29 is 4.92 Å². The Balaban J connectivity index is 2.11. The third-order valence-electron chi connectivity index (χ3n) is 3.85. The van der Waals surface area contributed by atoms with Gasteiger partial charge < -0.3 is 10.2 Å². The molecule has 3 rings (SSSR count). The van der Waals surface area contributed by atoms with Gasteiger partial charge in [0.2, 0.25) is 0 Å². The number of rotatable bonds is 2. The van der Waals surface area contributed by atoms with Gasteiger partial charge >= 0.3 is 0 Å². The van der Waals surface area contributed by atoms with E-state index in [-0.39, 0.29) is 16.5 Å². The van der Waals surface area contributed by atoms with E-state index >= 15 is 0 Å². The molecule has 1 fully saturated rings. The van der Waals surface area contributed by atoms with E-state index in [0.717, 1.165) is 30.8 Å². The quantitative estimate of drug-likeness (QED) is 0.663. The lowest BCUT2D eigenvalue weighted by atomic mass is 9.91. The van der Waals surface area contributed by atoms with Crippen molar-refractivity contribution in [3.05, 3.63) is 69.3 Å². The summed E-state index contributed by atoms with van der Waals surface area (Å²) in [5, 5.41) is 14.8. The van der Waals surface area contributed by atoms with Crippen molar-refractivity contribution in [3.8, 4) is 0 Å². The maximum absolute atomic E-state index is 11.6. The summed E-state index contributed by atoms with van der Waals surface area (Å²) >= 11 is 0. The average Bonchev–Trinajstić information content (AvgIpc) is 2.47. The molecule has 0 spiro atoms. The molecule has 20 heavy (non-hydrogen) atoms. The van der Waals surface area contributed by atoms with E-state index in [1.165, 1.54) is 0 Å². The highest BCUT2D eigenvalue weighted by Gasteiger charge is 2.37. The molecule has 0 aliphatic carbocycles. The molecule has 0 radical (unpaired) electrons. The van der Waals surface area contributed by atoms with Crippen molar-refractivity contribution >= 4 is 0 Å². The van der Waals surface area contributed by atoms with Gasteiger partial charge in [0.15, 0.2) is 5.82 Å². The second-order valence-corrected chi connectivity index (χ2v) is 5.12. The lowest BCUT2D eigenvalue weighted by Crippen LogP contribution is -2.43. The van der Waals surface area contributed by atoms with E-state index < -0.39 is 0 Å². The Kier molecular flexibility index (Phi) is 3.18. The maximum Gasteiger partial charge on any atom is 0.297 e. The zero-order valence-electron chi connectivity index (χ0n) is 11.4. The predicted octanol–water partition coefficient (Wildman–Crippen LogP) is 2.43. The first-order chi connectivity index (χ1) is 9.68. The summed E-state index contributed by atoms with van der Waals surface area (Å²) in [4.78, 5) is 13.3. The predicted molar refractivity (Wildman–Crippen MR) is 76.3 cm³/mol. The minimum Gasteiger partial charge on any atom is -0.366 e. The molecule has 1 N–H and O–H groups in total. The number of allylic oxidation sites excluding steroid dienone is 2. The van der Waals surface area contributed by atoms with Gasteiger partial charge in [0.05, 0.1) is 10.8 Å². The monoisotopic (exact) mass is 271 g/mol. The highest BCUT2D eigenvalue weighted by Crippen LogP contribution is 2.36. The van der Waals surface area contributed by atoms with Gasteiger partial charge in [-0.3, -0.25) is 10.1 Å². The molecule has 2 aliphatic rings. The van der Waals surface area contributed by atoms with Gasteiger partial charge in [0.25, 0.3) is 5.70 Å². The Bertz CT molecular complexity index is 592. The van der Waals surface area contributed by atoms with Crippen LogP contribution in [0.2, 0.25) is 0 Å². The standard InChI is InChI=1S/C15H17N3O2/c1-11-10-13(12-6-3-2-4-7-12)14(18(19)20)15-16-8-5-9-17(11)15/h2-4,6-7,10,13,16H,5,8-9H2,1H3. The van der Waals surface area contributed by atoms with Crippen molar-refractivity contribution in [2.75, 3.05) is 13.1 Å². The van der Waals surface area contributed by atoms with Crippen LogP contribution in [0.4, 0.5) is 0 Å². The lowest BCUT2D eigenvalue weighted by Gasteiger charge is -2.36. The van der Waals surface area contributed by atoms with Crippen molar-refractivity contribution in [2.24, 2.45) is 0 Å². The summed E-state index contributed by atoms with van der Waals surface area (Å²) in [6, 6.07) is 9.64. The summed E-state index contributed by atoms with van der Waals surface area (Å²) in [5.41, 5.74) is 2.28. The molecule has 1 saturated heterocycles. The molecule has 1 unspecified atom stereocenters. The molecule has 5 heteroatoms. The van der Waals surface area contributed by atoms with Crippen LogP contribution in [0, 0.1) is 10.1 Å². The SMILES string of the molecule is CC1=CC(c2ccccc2)C([N+](=O)[O-])=C2NCCCN12. The summed E-state index contributed by atoms with van der Waals surface area (Å²) in [6.07, 6.45) is 2.99. The smallest absolute Gasteiger partial charge is 0.297 e. The van der Waals surface area contributed by atoms with Crippen LogP contribution >= 0.6 is 0 Å². The van der Waals surface area contributed by atoms with Crippen LogP contribution < -0.4 is 5.32 Å². The van der Waals surface area contributed by atoms with Crippen molar-refractivity contribution in [1.82, 2.24) is 10.2 Å². The maximum atomic E-state index is 11.6. The molecule has 1 aromatic rings. The fourth-order valence-corrected chi connectivity index (χ4v) is 2.90. The first-order valence-electron chi connectivity index (χ1n) is 6.82. The Morgan fingerprint density at radius 3 is 2.80 bits per heavy atom. The van der Waals surface area contributed by atoms with Gasteiger partial charge in [-0.05, 0) is 25.0 Å². The van der Waals surface area contributed by atoms with Crippen molar-refractivity contribution in [3.63, 3.8) is 0 Å². The van der Waals surface area contributed by atoms with Gasteiger partial charge in [0.1, 0.15) is 0 Å². The first-order valence-corrected chi connectivity index (χ1v) is 6.82. The number of benzene rings is 1.